The highest BCUT2D eigenvalue weighted by molar-refractivity contribution is 7.99. The molecule has 0 fully saturated rings. The highest BCUT2D eigenvalue weighted by atomic mass is 32.2. The van der Waals surface area contributed by atoms with Crippen molar-refractivity contribution >= 4 is 29.0 Å². The summed E-state index contributed by atoms with van der Waals surface area (Å²) in [5.74, 6) is 0.641. The fourth-order valence-corrected chi connectivity index (χ4v) is 3.29. The van der Waals surface area contributed by atoms with E-state index >= 15 is 0 Å². The van der Waals surface area contributed by atoms with Gasteiger partial charge in [0.05, 0.1) is 11.8 Å². The number of hydrogen-bond donors (Lipinski definition) is 1. The fraction of sp³-hybridized carbons (Fsp3) is 0.188. The van der Waals surface area contributed by atoms with E-state index in [0.717, 1.165) is 10.4 Å². The molecule has 0 aliphatic heterocycles. The van der Waals surface area contributed by atoms with Crippen LogP contribution < -0.4 is 5.32 Å². The van der Waals surface area contributed by atoms with Crippen molar-refractivity contribution < 1.29 is 9.21 Å². The molecular formula is C16H15N3O2S2. The second-order valence-electron chi connectivity index (χ2n) is 4.83. The molecule has 0 aliphatic rings. The van der Waals surface area contributed by atoms with Crippen molar-refractivity contribution in [1.82, 2.24) is 15.5 Å². The normalized spacial score (nSPS) is 12.0. The average molecular weight is 345 g/mol. The third kappa shape index (κ3) is 4.20. The smallest absolute Gasteiger partial charge is 0.277 e. The van der Waals surface area contributed by atoms with Gasteiger partial charge in [0.1, 0.15) is 0 Å². The lowest BCUT2D eigenvalue weighted by atomic mass is 10.2. The molecule has 0 unspecified atom stereocenters. The van der Waals surface area contributed by atoms with Crippen LogP contribution in [0.4, 0.5) is 0 Å². The van der Waals surface area contributed by atoms with Crippen LogP contribution in [0.25, 0.3) is 11.5 Å². The van der Waals surface area contributed by atoms with Gasteiger partial charge in [-0.3, -0.25) is 4.79 Å². The number of nitrogens with zero attached hydrogens (tertiary/aromatic N) is 2. The molecule has 3 rings (SSSR count). The second kappa shape index (κ2) is 7.43. The number of amides is 1. The van der Waals surface area contributed by atoms with Crippen LogP contribution in [-0.2, 0) is 4.79 Å². The standard InChI is InChI=1S/C16H15N3O2S2/c1-11(13-8-5-9-22-13)17-14(20)10-23-16-19-18-15(21-16)12-6-3-2-4-7-12/h2-9,11H,10H2,1H3,(H,17,20)/t11-/m1/s1. The van der Waals surface area contributed by atoms with Crippen LogP contribution in [0.5, 0.6) is 0 Å². The zero-order chi connectivity index (χ0) is 16.1. The SMILES string of the molecule is C[C@@H](NC(=O)CSc1nnc(-c2ccccc2)o1)c1cccs1. The van der Waals surface area contributed by atoms with Crippen molar-refractivity contribution in [2.24, 2.45) is 0 Å². The first-order chi connectivity index (χ1) is 11.2. The summed E-state index contributed by atoms with van der Waals surface area (Å²) in [6.45, 7) is 1.97. The van der Waals surface area contributed by atoms with E-state index in [2.05, 4.69) is 15.5 Å². The van der Waals surface area contributed by atoms with Gasteiger partial charge in [-0.05, 0) is 30.5 Å². The molecule has 1 aromatic carbocycles. The number of carbonyl (C=O) groups excluding carboxylic acids is 1. The summed E-state index contributed by atoms with van der Waals surface area (Å²) in [6.07, 6.45) is 0. The second-order valence-corrected chi connectivity index (χ2v) is 6.74. The van der Waals surface area contributed by atoms with E-state index in [1.54, 1.807) is 11.3 Å². The molecule has 1 atom stereocenters. The number of nitrogens with one attached hydrogen (secondary N) is 1. The average Bonchev–Trinajstić information content (AvgIpc) is 3.25. The number of benzene rings is 1. The molecule has 0 saturated carbocycles. The number of rotatable bonds is 6. The summed E-state index contributed by atoms with van der Waals surface area (Å²) in [6, 6.07) is 13.5. The van der Waals surface area contributed by atoms with Crippen molar-refractivity contribution in [3.63, 3.8) is 0 Å². The first-order valence-corrected chi connectivity index (χ1v) is 8.93. The molecule has 3 aromatic rings. The van der Waals surface area contributed by atoms with Crippen LogP contribution in [-0.4, -0.2) is 21.9 Å². The third-order valence-electron chi connectivity index (χ3n) is 3.10. The van der Waals surface area contributed by atoms with Crippen molar-refractivity contribution in [3.05, 3.63) is 52.7 Å². The van der Waals surface area contributed by atoms with Crippen molar-refractivity contribution in [2.75, 3.05) is 5.75 Å². The van der Waals surface area contributed by atoms with Gasteiger partial charge in [-0.15, -0.1) is 21.5 Å². The Morgan fingerprint density at radius 3 is 2.83 bits per heavy atom. The topological polar surface area (TPSA) is 68.0 Å². The lowest BCUT2D eigenvalue weighted by molar-refractivity contribution is -0.119. The van der Waals surface area contributed by atoms with Gasteiger partial charge in [0.2, 0.25) is 11.8 Å². The molecule has 23 heavy (non-hydrogen) atoms. The van der Waals surface area contributed by atoms with Gasteiger partial charge in [0.25, 0.3) is 5.22 Å². The predicted octanol–water partition coefficient (Wildman–Crippen LogP) is 3.77. The van der Waals surface area contributed by atoms with Crippen molar-refractivity contribution in [2.45, 2.75) is 18.2 Å². The summed E-state index contributed by atoms with van der Waals surface area (Å²) in [4.78, 5) is 13.1. The molecular weight excluding hydrogens is 330 g/mol. The Labute approximate surface area is 142 Å². The molecule has 1 N–H and O–H groups in total. The summed E-state index contributed by atoms with van der Waals surface area (Å²) in [5.41, 5.74) is 0.864. The van der Waals surface area contributed by atoms with Gasteiger partial charge < -0.3 is 9.73 Å². The Bertz CT molecular complexity index is 757. The van der Waals surface area contributed by atoms with E-state index in [4.69, 9.17) is 4.42 Å². The van der Waals surface area contributed by atoms with Gasteiger partial charge >= 0.3 is 0 Å². The van der Waals surface area contributed by atoms with E-state index in [1.165, 1.54) is 11.8 Å². The molecule has 0 bridgehead atoms. The lowest BCUT2D eigenvalue weighted by Crippen LogP contribution is -2.27. The van der Waals surface area contributed by atoms with Gasteiger partial charge in [-0.2, -0.15) is 0 Å². The summed E-state index contributed by atoms with van der Waals surface area (Å²) < 4.78 is 5.56. The molecule has 0 saturated heterocycles. The number of aromatic nitrogens is 2. The maximum atomic E-state index is 12.0. The molecule has 0 spiro atoms. The number of thiophene rings is 1. The minimum Gasteiger partial charge on any atom is -0.411 e. The molecule has 2 aromatic heterocycles. The molecule has 7 heteroatoms. The van der Waals surface area contributed by atoms with Crippen LogP contribution in [0.1, 0.15) is 17.8 Å². The van der Waals surface area contributed by atoms with Crippen LogP contribution in [0.15, 0.2) is 57.5 Å². The van der Waals surface area contributed by atoms with E-state index in [0.29, 0.717) is 11.1 Å². The fourth-order valence-electron chi connectivity index (χ4n) is 1.98. The zero-order valence-electron chi connectivity index (χ0n) is 12.4. The number of thioether (sulfide) groups is 1. The maximum Gasteiger partial charge on any atom is 0.277 e. The van der Waals surface area contributed by atoms with E-state index in [1.807, 2.05) is 54.8 Å². The van der Waals surface area contributed by atoms with E-state index in [-0.39, 0.29) is 17.7 Å². The van der Waals surface area contributed by atoms with Gasteiger partial charge in [0.15, 0.2) is 0 Å². The predicted molar refractivity (Wildman–Crippen MR) is 91.3 cm³/mol. The minimum atomic E-state index is -0.0599. The van der Waals surface area contributed by atoms with Crippen LogP contribution in [0, 0.1) is 0 Å². The Morgan fingerprint density at radius 1 is 1.26 bits per heavy atom. The van der Waals surface area contributed by atoms with E-state index in [9.17, 15) is 4.79 Å². The van der Waals surface area contributed by atoms with Crippen molar-refractivity contribution in [1.29, 1.82) is 0 Å². The Morgan fingerprint density at radius 2 is 2.09 bits per heavy atom. The van der Waals surface area contributed by atoms with Crippen molar-refractivity contribution in [3.8, 4) is 11.5 Å². The first kappa shape index (κ1) is 15.8. The Kier molecular flexibility index (Phi) is 5.09. The van der Waals surface area contributed by atoms with E-state index < -0.39 is 0 Å². The lowest BCUT2D eigenvalue weighted by Gasteiger charge is -2.11. The zero-order valence-corrected chi connectivity index (χ0v) is 14.1. The van der Waals surface area contributed by atoms with Crippen LogP contribution in [0.2, 0.25) is 0 Å². The highest BCUT2D eigenvalue weighted by Crippen LogP contribution is 2.23. The minimum absolute atomic E-state index is 0.00525. The molecule has 118 valence electrons. The molecule has 5 nitrogen and oxygen atoms in total. The quantitative estimate of drug-likeness (QED) is 0.689. The first-order valence-electron chi connectivity index (χ1n) is 7.07. The molecule has 0 radical (unpaired) electrons. The highest BCUT2D eigenvalue weighted by Gasteiger charge is 2.13. The van der Waals surface area contributed by atoms with Crippen LogP contribution in [0.3, 0.4) is 0 Å². The maximum absolute atomic E-state index is 12.0. The number of hydrogen-bond acceptors (Lipinski definition) is 6. The summed E-state index contributed by atoms with van der Waals surface area (Å²) in [5, 5.41) is 13.3. The largest absolute Gasteiger partial charge is 0.411 e. The van der Waals surface area contributed by atoms with Gasteiger partial charge in [0, 0.05) is 10.4 Å². The molecule has 2 heterocycles. The number of carbonyl (C=O) groups is 1. The summed E-state index contributed by atoms with van der Waals surface area (Å²) in [7, 11) is 0. The van der Waals surface area contributed by atoms with Crippen LogP contribution >= 0.6 is 23.1 Å². The Hall–Kier alpha value is -2.12. The monoisotopic (exact) mass is 345 g/mol. The molecule has 0 aliphatic carbocycles. The summed E-state index contributed by atoms with van der Waals surface area (Å²) >= 11 is 2.86. The Balaban J connectivity index is 1.52. The third-order valence-corrected chi connectivity index (χ3v) is 4.97. The van der Waals surface area contributed by atoms with Gasteiger partial charge in [-0.25, -0.2) is 0 Å². The van der Waals surface area contributed by atoms with Gasteiger partial charge in [-0.1, -0.05) is 36.0 Å². The molecule has 1 amide bonds.